The number of anilines is 1. The summed E-state index contributed by atoms with van der Waals surface area (Å²) in [6.07, 6.45) is 3.53. The third kappa shape index (κ3) is 3.30. The van der Waals surface area contributed by atoms with Gasteiger partial charge in [0.05, 0.1) is 11.4 Å². The summed E-state index contributed by atoms with van der Waals surface area (Å²) in [5, 5.41) is 11.8. The van der Waals surface area contributed by atoms with Crippen LogP contribution in [0.1, 0.15) is 24.2 Å². The molecule has 0 fully saturated rings. The Kier molecular flexibility index (Phi) is 4.32. The van der Waals surface area contributed by atoms with Crippen molar-refractivity contribution in [3.05, 3.63) is 17.6 Å². The van der Waals surface area contributed by atoms with E-state index < -0.39 is 0 Å². The van der Waals surface area contributed by atoms with Gasteiger partial charge in [0.15, 0.2) is 0 Å². The van der Waals surface area contributed by atoms with E-state index in [1.807, 2.05) is 13.8 Å². The molecule has 0 aromatic carbocycles. The van der Waals surface area contributed by atoms with E-state index in [9.17, 15) is 0 Å². The third-order valence-corrected chi connectivity index (χ3v) is 1.95. The van der Waals surface area contributed by atoms with Gasteiger partial charge >= 0.3 is 0 Å². The molecule has 1 aromatic heterocycles. The highest BCUT2D eigenvalue weighted by molar-refractivity contribution is 5.39. The topological polar surface area (TPSA) is 58.0 Å². The van der Waals surface area contributed by atoms with Crippen LogP contribution in [0, 0.1) is 13.8 Å². The number of unbranched alkanes of at least 4 members (excludes halogenated alkanes) is 1. The molecule has 0 aliphatic carbocycles. The highest BCUT2D eigenvalue weighted by Crippen LogP contribution is 2.08. The zero-order valence-electron chi connectivity index (χ0n) is 8.75. The Morgan fingerprint density at radius 3 is 2.86 bits per heavy atom. The zero-order valence-corrected chi connectivity index (χ0v) is 8.75. The van der Waals surface area contributed by atoms with Gasteiger partial charge in [-0.3, -0.25) is 4.98 Å². The molecule has 0 radical (unpaired) electrons. The standard InChI is InChI=1S/C10H17N3O/c1-8-7-12-9(2)10(13-8)11-5-3-4-6-14/h7,14H,3-6H2,1-2H3,(H,11,13). The van der Waals surface area contributed by atoms with Crippen LogP contribution in [0.4, 0.5) is 5.82 Å². The van der Waals surface area contributed by atoms with E-state index in [2.05, 4.69) is 15.3 Å². The molecule has 0 saturated carbocycles. The Morgan fingerprint density at radius 1 is 1.36 bits per heavy atom. The number of aromatic nitrogens is 2. The molecule has 0 aliphatic rings. The van der Waals surface area contributed by atoms with Crippen molar-refractivity contribution in [1.29, 1.82) is 0 Å². The second-order valence-corrected chi connectivity index (χ2v) is 3.30. The van der Waals surface area contributed by atoms with E-state index in [-0.39, 0.29) is 6.61 Å². The van der Waals surface area contributed by atoms with Crippen LogP contribution in [0.2, 0.25) is 0 Å². The van der Waals surface area contributed by atoms with E-state index in [1.54, 1.807) is 6.20 Å². The van der Waals surface area contributed by atoms with E-state index >= 15 is 0 Å². The molecule has 4 heteroatoms. The second-order valence-electron chi connectivity index (χ2n) is 3.30. The van der Waals surface area contributed by atoms with Gasteiger partial charge in [-0.2, -0.15) is 0 Å². The van der Waals surface area contributed by atoms with Gasteiger partial charge in [0.25, 0.3) is 0 Å². The molecule has 1 heterocycles. The minimum atomic E-state index is 0.250. The van der Waals surface area contributed by atoms with Crippen LogP contribution < -0.4 is 5.32 Å². The van der Waals surface area contributed by atoms with Gasteiger partial charge in [0, 0.05) is 19.3 Å². The molecule has 0 unspecified atom stereocenters. The quantitative estimate of drug-likeness (QED) is 0.695. The average Bonchev–Trinajstić information content (AvgIpc) is 2.18. The molecule has 1 rings (SSSR count). The zero-order chi connectivity index (χ0) is 10.4. The molecular formula is C10H17N3O. The SMILES string of the molecule is Cc1cnc(C)c(NCCCCO)n1. The van der Waals surface area contributed by atoms with Crippen LogP contribution in [0.5, 0.6) is 0 Å². The summed E-state index contributed by atoms with van der Waals surface area (Å²) < 4.78 is 0. The van der Waals surface area contributed by atoms with Gasteiger partial charge in [-0.25, -0.2) is 4.98 Å². The van der Waals surface area contributed by atoms with Gasteiger partial charge in [-0.15, -0.1) is 0 Å². The van der Waals surface area contributed by atoms with Crippen molar-refractivity contribution >= 4 is 5.82 Å². The molecule has 0 amide bonds. The Labute approximate surface area is 84.4 Å². The van der Waals surface area contributed by atoms with Crippen LogP contribution >= 0.6 is 0 Å². The van der Waals surface area contributed by atoms with Gasteiger partial charge in [-0.1, -0.05) is 0 Å². The smallest absolute Gasteiger partial charge is 0.147 e. The first kappa shape index (κ1) is 10.9. The maximum absolute atomic E-state index is 8.61. The van der Waals surface area contributed by atoms with E-state index in [1.165, 1.54) is 0 Å². The molecule has 0 atom stereocenters. The third-order valence-electron chi connectivity index (χ3n) is 1.95. The first-order chi connectivity index (χ1) is 6.74. The Morgan fingerprint density at radius 2 is 2.14 bits per heavy atom. The highest BCUT2D eigenvalue weighted by atomic mass is 16.2. The van der Waals surface area contributed by atoms with Gasteiger partial charge in [0.2, 0.25) is 0 Å². The highest BCUT2D eigenvalue weighted by Gasteiger charge is 1.99. The van der Waals surface area contributed by atoms with Crippen LogP contribution in [0.25, 0.3) is 0 Å². The molecule has 0 saturated heterocycles. The molecule has 1 aromatic rings. The van der Waals surface area contributed by atoms with E-state index in [0.29, 0.717) is 0 Å². The largest absolute Gasteiger partial charge is 0.396 e. The van der Waals surface area contributed by atoms with Crippen molar-refractivity contribution in [2.24, 2.45) is 0 Å². The lowest BCUT2D eigenvalue weighted by molar-refractivity contribution is 0.286. The summed E-state index contributed by atoms with van der Waals surface area (Å²) in [5.41, 5.74) is 1.83. The summed E-state index contributed by atoms with van der Waals surface area (Å²) in [6, 6.07) is 0. The van der Waals surface area contributed by atoms with Crippen molar-refractivity contribution < 1.29 is 5.11 Å². The Bertz CT molecular complexity index is 289. The minimum Gasteiger partial charge on any atom is -0.396 e. The lowest BCUT2D eigenvalue weighted by atomic mass is 10.3. The van der Waals surface area contributed by atoms with Crippen LogP contribution in [0.3, 0.4) is 0 Å². The fraction of sp³-hybridized carbons (Fsp3) is 0.600. The number of hydrogen-bond donors (Lipinski definition) is 2. The van der Waals surface area contributed by atoms with Crippen LogP contribution in [0.15, 0.2) is 6.20 Å². The lowest BCUT2D eigenvalue weighted by Gasteiger charge is -2.07. The van der Waals surface area contributed by atoms with E-state index in [4.69, 9.17) is 5.11 Å². The first-order valence-electron chi connectivity index (χ1n) is 4.89. The van der Waals surface area contributed by atoms with Gasteiger partial charge in [0.1, 0.15) is 5.82 Å². The molecule has 14 heavy (non-hydrogen) atoms. The summed E-state index contributed by atoms with van der Waals surface area (Å²) in [5.74, 6) is 0.850. The Hall–Kier alpha value is -1.16. The van der Waals surface area contributed by atoms with Gasteiger partial charge < -0.3 is 10.4 Å². The molecule has 4 nitrogen and oxygen atoms in total. The molecule has 0 aliphatic heterocycles. The maximum atomic E-state index is 8.61. The molecule has 0 bridgehead atoms. The summed E-state index contributed by atoms with van der Waals surface area (Å²) in [6.45, 7) is 4.94. The number of hydrogen-bond acceptors (Lipinski definition) is 4. The van der Waals surface area contributed by atoms with Crippen LogP contribution in [-0.4, -0.2) is 28.2 Å². The van der Waals surface area contributed by atoms with Crippen molar-refractivity contribution in [2.75, 3.05) is 18.5 Å². The predicted molar refractivity (Wildman–Crippen MR) is 56.3 cm³/mol. The monoisotopic (exact) mass is 195 g/mol. The normalized spacial score (nSPS) is 10.2. The van der Waals surface area contributed by atoms with Crippen LogP contribution in [-0.2, 0) is 0 Å². The number of aliphatic hydroxyl groups is 1. The number of nitrogens with zero attached hydrogens (tertiary/aromatic N) is 2. The number of rotatable bonds is 5. The van der Waals surface area contributed by atoms with Crippen molar-refractivity contribution in [3.63, 3.8) is 0 Å². The molecule has 0 spiro atoms. The predicted octanol–water partition coefficient (Wildman–Crippen LogP) is 1.28. The van der Waals surface area contributed by atoms with Gasteiger partial charge in [-0.05, 0) is 26.7 Å². The van der Waals surface area contributed by atoms with Crippen molar-refractivity contribution in [3.8, 4) is 0 Å². The number of aliphatic hydroxyl groups excluding tert-OH is 1. The van der Waals surface area contributed by atoms with E-state index in [0.717, 1.165) is 36.6 Å². The summed E-state index contributed by atoms with van der Waals surface area (Å²) >= 11 is 0. The number of nitrogens with one attached hydrogen (secondary N) is 1. The lowest BCUT2D eigenvalue weighted by Crippen LogP contribution is -2.07. The Balaban J connectivity index is 2.45. The minimum absolute atomic E-state index is 0.250. The second kappa shape index (κ2) is 5.54. The summed E-state index contributed by atoms with van der Waals surface area (Å²) in [4.78, 5) is 8.54. The summed E-state index contributed by atoms with van der Waals surface area (Å²) in [7, 11) is 0. The maximum Gasteiger partial charge on any atom is 0.147 e. The first-order valence-corrected chi connectivity index (χ1v) is 4.89. The molecular weight excluding hydrogens is 178 g/mol. The van der Waals surface area contributed by atoms with Crippen molar-refractivity contribution in [1.82, 2.24) is 9.97 Å². The molecule has 2 N–H and O–H groups in total. The fourth-order valence-corrected chi connectivity index (χ4v) is 1.15. The number of aryl methyl sites for hydroxylation is 2. The fourth-order valence-electron chi connectivity index (χ4n) is 1.15. The molecule has 78 valence electrons. The van der Waals surface area contributed by atoms with Crippen molar-refractivity contribution in [2.45, 2.75) is 26.7 Å². The average molecular weight is 195 g/mol.